The van der Waals surface area contributed by atoms with E-state index in [0.717, 1.165) is 11.3 Å². The van der Waals surface area contributed by atoms with Crippen LogP contribution in [0.3, 0.4) is 0 Å². The van der Waals surface area contributed by atoms with Gasteiger partial charge in [-0.25, -0.2) is 13.2 Å². The summed E-state index contributed by atoms with van der Waals surface area (Å²) in [6, 6.07) is 9.87. The zero-order valence-corrected chi connectivity index (χ0v) is 17.4. The molecule has 5 nitrogen and oxygen atoms in total. The predicted octanol–water partition coefficient (Wildman–Crippen LogP) is 4.87. The second-order valence-corrected chi connectivity index (χ2v) is 11.0. The minimum absolute atomic E-state index is 0.153. The van der Waals surface area contributed by atoms with Crippen molar-refractivity contribution in [2.24, 2.45) is 5.41 Å². The van der Waals surface area contributed by atoms with Crippen molar-refractivity contribution in [2.45, 2.75) is 36.4 Å². The van der Waals surface area contributed by atoms with Crippen molar-refractivity contribution in [1.82, 2.24) is 4.90 Å². The summed E-state index contributed by atoms with van der Waals surface area (Å²) < 4.78 is 26.2. The second-order valence-electron chi connectivity index (χ2n) is 6.86. The fourth-order valence-electron chi connectivity index (χ4n) is 2.32. The summed E-state index contributed by atoms with van der Waals surface area (Å²) in [5, 5.41) is 9.41. The van der Waals surface area contributed by atoms with Crippen molar-refractivity contribution in [2.75, 3.05) is 6.54 Å². The monoisotopic (exact) mass is 445 g/mol. The molecule has 0 radical (unpaired) electrons. The van der Waals surface area contributed by atoms with Gasteiger partial charge in [0.2, 0.25) is 9.84 Å². The number of nitrogens with zero attached hydrogens (tertiary/aromatic N) is 1. The third-order valence-corrected chi connectivity index (χ3v) is 7.86. The molecule has 0 fully saturated rings. The van der Waals surface area contributed by atoms with Gasteiger partial charge in [-0.2, -0.15) is 0 Å². The average molecular weight is 446 g/mol. The summed E-state index contributed by atoms with van der Waals surface area (Å²) in [5.41, 5.74) is -0.189. The van der Waals surface area contributed by atoms with Crippen LogP contribution in [-0.4, -0.2) is 31.1 Å². The van der Waals surface area contributed by atoms with Crippen LogP contribution in [0.4, 0.5) is 4.79 Å². The van der Waals surface area contributed by atoms with Crippen LogP contribution in [0.5, 0.6) is 0 Å². The van der Waals surface area contributed by atoms with Crippen molar-refractivity contribution < 1.29 is 18.3 Å². The maximum Gasteiger partial charge on any atom is 0.407 e. The van der Waals surface area contributed by atoms with E-state index in [9.17, 15) is 18.3 Å². The number of hydrogen-bond acceptors (Lipinski definition) is 4. The lowest BCUT2D eigenvalue weighted by atomic mass is 9.96. The van der Waals surface area contributed by atoms with E-state index in [1.54, 1.807) is 36.4 Å². The number of carboxylic acid groups (broad SMARTS) is 1. The third kappa shape index (κ3) is 5.05. The number of amides is 1. The van der Waals surface area contributed by atoms with Crippen LogP contribution in [0.15, 0.2) is 50.0 Å². The number of rotatable bonds is 5. The summed E-state index contributed by atoms with van der Waals surface area (Å²) in [5.74, 6) is 0. The third-order valence-electron chi connectivity index (χ3n) is 3.29. The van der Waals surface area contributed by atoms with E-state index in [0.29, 0.717) is 15.9 Å². The van der Waals surface area contributed by atoms with Crippen molar-refractivity contribution in [1.29, 1.82) is 0 Å². The molecule has 0 aliphatic rings. The maximum atomic E-state index is 12.8. The fourth-order valence-corrected chi connectivity index (χ4v) is 6.51. The van der Waals surface area contributed by atoms with Gasteiger partial charge in [-0.1, -0.05) is 39.0 Å². The highest BCUT2D eigenvalue weighted by atomic mass is 79.9. The fraction of sp³-hybridized carbons (Fsp3) is 0.353. The summed E-state index contributed by atoms with van der Waals surface area (Å²) in [4.78, 5) is 13.7. The number of halogens is 1. The molecular weight excluding hydrogens is 426 g/mol. The standard InChI is InChI=1S/C17H20BrNO4S2/c1-17(2,3)11-19(16(20)21)10-12-9-14(18)15(24-12)25(22,23)13-7-5-4-6-8-13/h4-9H,10-11H2,1-3H3,(H,20,21). The van der Waals surface area contributed by atoms with E-state index in [2.05, 4.69) is 15.9 Å². The first-order chi connectivity index (χ1) is 11.5. The van der Waals surface area contributed by atoms with Gasteiger partial charge in [0.05, 0.1) is 11.4 Å². The van der Waals surface area contributed by atoms with Crippen molar-refractivity contribution >= 4 is 43.2 Å². The van der Waals surface area contributed by atoms with Gasteiger partial charge in [0.15, 0.2) is 0 Å². The highest BCUT2D eigenvalue weighted by molar-refractivity contribution is 9.10. The number of hydrogen-bond donors (Lipinski definition) is 1. The number of thiophene rings is 1. The Kier molecular flexibility index (Phi) is 5.96. The molecule has 1 heterocycles. The van der Waals surface area contributed by atoms with Gasteiger partial charge < -0.3 is 10.0 Å². The Morgan fingerprint density at radius 1 is 1.24 bits per heavy atom. The van der Waals surface area contributed by atoms with Gasteiger partial charge >= 0.3 is 6.09 Å². The number of carbonyl (C=O) groups is 1. The van der Waals surface area contributed by atoms with Gasteiger partial charge in [-0.15, -0.1) is 11.3 Å². The highest BCUT2D eigenvalue weighted by Gasteiger charge is 2.26. The van der Waals surface area contributed by atoms with E-state index in [1.165, 1.54) is 4.90 Å². The topological polar surface area (TPSA) is 74.7 Å². The van der Waals surface area contributed by atoms with E-state index in [1.807, 2.05) is 20.8 Å². The first kappa shape index (κ1) is 19.9. The molecule has 1 N–H and O–H groups in total. The molecule has 25 heavy (non-hydrogen) atoms. The molecule has 136 valence electrons. The lowest BCUT2D eigenvalue weighted by Gasteiger charge is -2.27. The Morgan fingerprint density at radius 2 is 1.84 bits per heavy atom. The smallest absolute Gasteiger partial charge is 0.407 e. The van der Waals surface area contributed by atoms with Gasteiger partial charge in [0, 0.05) is 15.9 Å². The Morgan fingerprint density at radius 3 is 2.36 bits per heavy atom. The first-order valence-corrected chi connectivity index (χ1v) is 10.7. The van der Waals surface area contributed by atoms with Gasteiger partial charge in [0.1, 0.15) is 4.21 Å². The average Bonchev–Trinajstić information content (AvgIpc) is 2.87. The summed E-state index contributed by atoms with van der Waals surface area (Å²) >= 11 is 4.40. The molecule has 8 heteroatoms. The molecule has 0 spiro atoms. The zero-order valence-electron chi connectivity index (χ0n) is 14.2. The molecule has 0 atom stereocenters. The Balaban J connectivity index is 2.32. The predicted molar refractivity (Wildman–Crippen MR) is 102 cm³/mol. The Hall–Kier alpha value is -1.38. The minimum atomic E-state index is -3.63. The van der Waals surface area contributed by atoms with Crippen LogP contribution in [-0.2, 0) is 16.4 Å². The lowest BCUT2D eigenvalue weighted by molar-refractivity contribution is 0.123. The Labute approximate surface area is 160 Å². The van der Waals surface area contributed by atoms with E-state index in [4.69, 9.17) is 0 Å². The van der Waals surface area contributed by atoms with E-state index in [-0.39, 0.29) is 21.1 Å². The SMILES string of the molecule is CC(C)(C)CN(Cc1cc(Br)c(S(=O)(=O)c2ccccc2)s1)C(=O)O. The number of sulfone groups is 1. The molecule has 0 unspecified atom stereocenters. The van der Waals surface area contributed by atoms with Crippen molar-refractivity contribution in [3.63, 3.8) is 0 Å². The molecule has 0 aliphatic heterocycles. The zero-order chi connectivity index (χ0) is 18.8. The summed E-state index contributed by atoms with van der Waals surface area (Å²) in [7, 11) is -3.63. The summed E-state index contributed by atoms with van der Waals surface area (Å²) in [6.07, 6.45) is -1.02. The van der Waals surface area contributed by atoms with Gasteiger partial charge in [0.25, 0.3) is 0 Å². The largest absolute Gasteiger partial charge is 0.465 e. The van der Waals surface area contributed by atoms with Crippen LogP contribution in [0.2, 0.25) is 0 Å². The molecule has 0 aliphatic carbocycles. The summed E-state index contributed by atoms with van der Waals surface area (Å²) in [6.45, 7) is 6.38. The molecule has 0 bridgehead atoms. The molecule has 2 aromatic rings. The van der Waals surface area contributed by atoms with E-state index >= 15 is 0 Å². The van der Waals surface area contributed by atoms with Gasteiger partial charge in [-0.05, 0) is 39.5 Å². The first-order valence-electron chi connectivity index (χ1n) is 7.57. The highest BCUT2D eigenvalue weighted by Crippen LogP contribution is 2.36. The van der Waals surface area contributed by atoms with Crippen molar-refractivity contribution in [3.8, 4) is 0 Å². The Bertz CT molecular complexity index is 855. The molecule has 1 aromatic heterocycles. The van der Waals surface area contributed by atoms with Crippen LogP contribution in [0.1, 0.15) is 25.6 Å². The molecule has 0 saturated heterocycles. The molecule has 1 amide bonds. The molecule has 0 saturated carbocycles. The van der Waals surface area contributed by atoms with Crippen LogP contribution in [0.25, 0.3) is 0 Å². The van der Waals surface area contributed by atoms with E-state index < -0.39 is 15.9 Å². The molecule has 1 aromatic carbocycles. The van der Waals surface area contributed by atoms with Crippen LogP contribution >= 0.6 is 27.3 Å². The molecule has 2 rings (SSSR count). The second kappa shape index (κ2) is 7.47. The minimum Gasteiger partial charge on any atom is -0.465 e. The maximum absolute atomic E-state index is 12.8. The van der Waals surface area contributed by atoms with Crippen LogP contribution < -0.4 is 0 Å². The van der Waals surface area contributed by atoms with Crippen molar-refractivity contribution in [3.05, 3.63) is 45.7 Å². The normalized spacial score (nSPS) is 12.2. The van der Waals surface area contributed by atoms with Gasteiger partial charge in [-0.3, -0.25) is 0 Å². The lowest BCUT2D eigenvalue weighted by Crippen LogP contribution is -2.36. The molecular formula is C17H20BrNO4S2. The van der Waals surface area contributed by atoms with Crippen LogP contribution in [0, 0.1) is 5.41 Å². The quantitative estimate of drug-likeness (QED) is 0.711. The number of benzene rings is 1.